The maximum Gasteiger partial charge on any atom is 0.139 e. The molecule has 1 unspecified atom stereocenters. The van der Waals surface area contributed by atoms with Gasteiger partial charge in [0.15, 0.2) is 0 Å². The quantitative estimate of drug-likeness (QED) is 0.827. The second-order valence-corrected chi connectivity index (χ2v) is 4.72. The van der Waals surface area contributed by atoms with Crippen molar-refractivity contribution in [3.63, 3.8) is 0 Å². The number of rotatable bonds is 4. The zero-order valence-corrected chi connectivity index (χ0v) is 9.56. The van der Waals surface area contributed by atoms with Crippen LogP contribution in [0, 0.1) is 24.2 Å². The monoisotopic (exact) mass is 209 g/mol. The zero-order chi connectivity index (χ0) is 10.6. The fraction of sp³-hybridized carbons (Fsp3) is 0.600. The molecule has 4 heteroatoms. The third kappa shape index (κ3) is 3.09. The van der Waals surface area contributed by atoms with Gasteiger partial charge in [0, 0.05) is 5.38 Å². The first-order valence-electron chi connectivity index (χ1n) is 4.68. The number of hydrogen-bond acceptors (Lipinski definition) is 4. The van der Waals surface area contributed by atoms with Crippen LogP contribution in [0.15, 0.2) is 5.38 Å². The number of nitrogens with zero attached hydrogens (tertiary/aromatic N) is 2. The molecule has 0 saturated heterocycles. The number of nitrogens with one attached hydrogen (secondary N) is 1. The molecule has 1 aromatic rings. The summed E-state index contributed by atoms with van der Waals surface area (Å²) in [6.07, 6.45) is 0. The van der Waals surface area contributed by atoms with E-state index in [2.05, 4.69) is 30.2 Å². The van der Waals surface area contributed by atoms with Gasteiger partial charge in [0.25, 0.3) is 0 Å². The Morgan fingerprint density at radius 3 is 2.79 bits per heavy atom. The lowest BCUT2D eigenvalue weighted by Crippen LogP contribution is -2.24. The molecule has 0 amide bonds. The Hall–Kier alpha value is -0.920. The van der Waals surface area contributed by atoms with Crippen LogP contribution in [0.25, 0.3) is 0 Å². The van der Waals surface area contributed by atoms with Crippen molar-refractivity contribution in [3.05, 3.63) is 16.1 Å². The molecule has 0 aliphatic carbocycles. The lowest BCUT2D eigenvalue weighted by atomic mass is 10.2. The smallest absolute Gasteiger partial charge is 0.139 e. The number of nitriles is 1. The van der Waals surface area contributed by atoms with Gasteiger partial charge in [-0.25, -0.2) is 4.98 Å². The highest BCUT2D eigenvalue weighted by atomic mass is 32.1. The highest BCUT2D eigenvalue weighted by Crippen LogP contribution is 2.15. The molecule has 0 radical (unpaired) electrons. The van der Waals surface area contributed by atoms with Gasteiger partial charge in [-0.15, -0.1) is 11.3 Å². The van der Waals surface area contributed by atoms with Gasteiger partial charge in [-0.05, 0) is 19.4 Å². The Labute approximate surface area is 88.8 Å². The molecule has 0 aliphatic rings. The lowest BCUT2D eigenvalue weighted by molar-refractivity contribution is 0.520. The summed E-state index contributed by atoms with van der Waals surface area (Å²) in [5.74, 6) is 0.547. The molecule has 14 heavy (non-hydrogen) atoms. The second kappa shape index (κ2) is 5.08. The molecule has 3 nitrogen and oxygen atoms in total. The Morgan fingerprint density at radius 2 is 2.36 bits per heavy atom. The fourth-order valence-corrected chi connectivity index (χ4v) is 1.72. The second-order valence-electron chi connectivity index (χ2n) is 3.66. The predicted molar refractivity (Wildman–Crippen MR) is 58.0 cm³/mol. The number of hydrogen-bond donors (Lipinski definition) is 1. The Kier molecular flexibility index (Phi) is 4.05. The topological polar surface area (TPSA) is 48.7 Å². The fourth-order valence-electron chi connectivity index (χ4n) is 1.08. The van der Waals surface area contributed by atoms with E-state index in [-0.39, 0.29) is 6.04 Å². The van der Waals surface area contributed by atoms with Gasteiger partial charge < -0.3 is 0 Å². The molecule has 1 heterocycles. The van der Waals surface area contributed by atoms with Crippen molar-refractivity contribution in [1.82, 2.24) is 10.3 Å². The molecule has 1 N–H and O–H groups in total. The van der Waals surface area contributed by atoms with Gasteiger partial charge in [-0.1, -0.05) is 13.8 Å². The van der Waals surface area contributed by atoms with Crippen LogP contribution in [-0.2, 0) is 0 Å². The summed E-state index contributed by atoms with van der Waals surface area (Å²) in [7, 11) is 0. The number of aryl methyl sites for hydroxylation is 1. The van der Waals surface area contributed by atoms with Crippen LogP contribution in [0.3, 0.4) is 0 Å². The molecule has 0 saturated carbocycles. The van der Waals surface area contributed by atoms with Crippen LogP contribution in [0.5, 0.6) is 0 Å². The van der Waals surface area contributed by atoms with E-state index >= 15 is 0 Å². The van der Waals surface area contributed by atoms with E-state index in [0.717, 1.165) is 17.2 Å². The van der Waals surface area contributed by atoms with Gasteiger partial charge in [0.05, 0.1) is 16.8 Å². The zero-order valence-electron chi connectivity index (χ0n) is 8.74. The minimum Gasteiger partial charge on any atom is -0.297 e. The summed E-state index contributed by atoms with van der Waals surface area (Å²) in [6, 6.07) is 1.96. The molecule has 0 bridgehead atoms. The molecular weight excluding hydrogens is 194 g/mol. The predicted octanol–water partition coefficient (Wildman–Crippen LogP) is 2.26. The van der Waals surface area contributed by atoms with E-state index in [9.17, 15) is 0 Å². The van der Waals surface area contributed by atoms with Crippen molar-refractivity contribution in [1.29, 1.82) is 5.26 Å². The standard InChI is InChI=1S/C10H15N3S/c1-7(2)5-12-9(4-11)10-6-14-8(3)13-10/h6-7,9,12H,5H2,1-3H3. The summed E-state index contributed by atoms with van der Waals surface area (Å²) in [6.45, 7) is 7.03. The van der Waals surface area contributed by atoms with Crippen molar-refractivity contribution in [3.8, 4) is 6.07 Å². The molecule has 1 rings (SSSR count). The lowest BCUT2D eigenvalue weighted by Gasteiger charge is -2.10. The van der Waals surface area contributed by atoms with Crippen molar-refractivity contribution < 1.29 is 0 Å². The molecule has 0 aromatic carbocycles. The maximum absolute atomic E-state index is 8.95. The van der Waals surface area contributed by atoms with Crippen LogP contribution >= 0.6 is 11.3 Å². The van der Waals surface area contributed by atoms with Gasteiger partial charge in [0.1, 0.15) is 6.04 Å². The molecule has 0 fully saturated rings. The minimum atomic E-state index is -0.262. The Bertz CT molecular complexity index is 324. The van der Waals surface area contributed by atoms with Crippen molar-refractivity contribution in [2.45, 2.75) is 26.8 Å². The van der Waals surface area contributed by atoms with Crippen LogP contribution in [0.2, 0.25) is 0 Å². The van der Waals surface area contributed by atoms with Gasteiger partial charge in [-0.3, -0.25) is 5.32 Å². The van der Waals surface area contributed by atoms with E-state index < -0.39 is 0 Å². The van der Waals surface area contributed by atoms with Crippen LogP contribution in [-0.4, -0.2) is 11.5 Å². The van der Waals surface area contributed by atoms with Crippen molar-refractivity contribution >= 4 is 11.3 Å². The van der Waals surface area contributed by atoms with Crippen molar-refractivity contribution in [2.75, 3.05) is 6.54 Å². The molecule has 76 valence electrons. The molecular formula is C10H15N3S. The average Bonchev–Trinajstić information content (AvgIpc) is 2.53. The Balaban J connectivity index is 2.60. The summed E-state index contributed by atoms with van der Waals surface area (Å²) >= 11 is 1.58. The molecule has 1 aromatic heterocycles. The van der Waals surface area contributed by atoms with E-state index in [1.807, 2.05) is 12.3 Å². The van der Waals surface area contributed by atoms with Crippen molar-refractivity contribution in [2.24, 2.45) is 5.92 Å². The van der Waals surface area contributed by atoms with Gasteiger partial charge in [-0.2, -0.15) is 5.26 Å². The summed E-state index contributed by atoms with van der Waals surface area (Å²) in [5, 5.41) is 15.1. The third-order valence-corrected chi connectivity index (χ3v) is 2.58. The van der Waals surface area contributed by atoms with Gasteiger partial charge in [0.2, 0.25) is 0 Å². The summed E-state index contributed by atoms with van der Waals surface area (Å²) < 4.78 is 0. The first kappa shape index (κ1) is 11.2. The molecule has 0 aliphatic heterocycles. The SMILES string of the molecule is Cc1nc(C(C#N)NCC(C)C)cs1. The summed E-state index contributed by atoms with van der Waals surface area (Å²) in [5.41, 5.74) is 0.843. The normalized spacial score (nSPS) is 12.8. The first-order chi connectivity index (χ1) is 6.63. The maximum atomic E-state index is 8.95. The minimum absolute atomic E-state index is 0.262. The van der Waals surface area contributed by atoms with Gasteiger partial charge >= 0.3 is 0 Å². The van der Waals surface area contributed by atoms with E-state index in [1.165, 1.54) is 0 Å². The van der Waals surface area contributed by atoms with Crippen LogP contribution < -0.4 is 5.32 Å². The Morgan fingerprint density at radius 1 is 1.64 bits per heavy atom. The van der Waals surface area contributed by atoms with E-state index in [1.54, 1.807) is 11.3 Å². The third-order valence-electron chi connectivity index (χ3n) is 1.79. The number of aromatic nitrogens is 1. The molecule has 0 spiro atoms. The highest BCUT2D eigenvalue weighted by molar-refractivity contribution is 7.09. The summed E-state index contributed by atoms with van der Waals surface area (Å²) in [4.78, 5) is 4.29. The van der Waals surface area contributed by atoms with Crippen LogP contribution in [0.4, 0.5) is 0 Å². The van der Waals surface area contributed by atoms with E-state index in [0.29, 0.717) is 5.92 Å². The largest absolute Gasteiger partial charge is 0.297 e. The molecule has 1 atom stereocenters. The first-order valence-corrected chi connectivity index (χ1v) is 5.56. The highest BCUT2D eigenvalue weighted by Gasteiger charge is 2.12. The number of thiazole rings is 1. The average molecular weight is 209 g/mol. The van der Waals surface area contributed by atoms with E-state index in [4.69, 9.17) is 5.26 Å². The van der Waals surface area contributed by atoms with Crippen LogP contribution in [0.1, 0.15) is 30.6 Å².